The van der Waals surface area contributed by atoms with Crippen LogP contribution < -0.4 is 0 Å². The highest BCUT2D eigenvalue weighted by atomic mass is 32.2. The summed E-state index contributed by atoms with van der Waals surface area (Å²) in [5.74, 6) is -0.171. The molecule has 0 spiro atoms. The molecule has 0 atom stereocenters. The zero-order valence-electron chi connectivity index (χ0n) is 11.1. The van der Waals surface area contributed by atoms with E-state index in [4.69, 9.17) is 9.84 Å². The Morgan fingerprint density at radius 3 is 2.61 bits per heavy atom. The minimum absolute atomic E-state index is 0.0250. The summed E-state index contributed by atoms with van der Waals surface area (Å²) in [7, 11) is 0. The van der Waals surface area contributed by atoms with E-state index in [9.17, 15) is 4.79 Å². The van der Waals surface area contributed by atoms with E-state index in [2.05, 4.69) is 10.2 Å². The van der Waals surface area contributed by atoms with E-state index in [1.54, 1.807) is 0 Å². The quantitative estimate of drug-likeness (QED) is 0.796. The van der Waals surface area contributed by atoms with Crippen LogP contribution in [-0.4, -0.2) is 38.2 Å². The third-order valence-electron chi connectivity index (χ3n) is 2.13. The largest absolute Gasteiger partial charge is 0.481 e. The summed E-state index contributed by atoms with van der Waals surface area (Å²) in [6.45, 7) is 8.98. The molecule has 1 aromatic heterocycles. The normalized spacial score (nSPS) is 11.8. The lowest BCUT2D eigenvalue weighted by molar-refractivity contribution is -0.133. The molecule has 0 bridgehead atoms. The molecule has 102 valence electrons. The van der Waals surface area contributed by atoms with Gasteiger partial charge in [0.1, 0.15) is 6.61 Å². The predicted octanol–water partition coefficient (Wildman–Crippen LogP) is 1.75. The molecule has 0 aliphatic carbocycles. The second kappa shape index (κ2) is 6.19. The first kappa shape index (κ1) is 15.0. The van der Waals surface area contributed by atoms with Crippen LogP contribution in [0.4, 0.5) is 0 Å². The lowest BCUT2D eigenvalue weighted by atomic mass is 10.1. The van der Waals surface area contributed by atoms with Gasteiger partial charge in [0, 0.05) is 12.1 Å². The Bertz CT molecular complexity index is 412. The Balaban J connectivity index is 2.96. The number of carboxylic acids is 1. The Hall–Kier alpha value is -1.08. The molecule has 0 aliphatic rings. The van der Waals surface area contributed by atoms with Gasteiger partial charge in [-0.15, -0.1) is 10.2 Å². The molecule has 7 heteroatoms. The summed E-state index contributed by atoms with van der Waals surface area (Å²) in [6, 6.07) is 0. The van der Waals surface area contributed by atoms with Crippen molar-refractivity contribution in [1.29, 1.82) is 0 Å². The maximum Gasteiger partial charge on any atom is 0.313 e. The van der Waals surface area contributed by atoms with Gasteiger partial charge in [-0.05, 0) is 27.7 Å². The molecular formula is C11H19N3O3S. The molecule has 1 N–H and O–H groups in total. The van der Waals surface area contributed by atoms with E-state index in [1.165, 1.54) is 11.8 Å². The van der Waals surface area contributed by atoms with Crippen molar-refractivity contribution < 1.29 is 14.6 Å². The second-order valence-corrected chi connectivity index (χ2v) is 5.67. The lowest BCUT2D eigenvalue weighted by Crippen LogP contribution is -2.25. The van der Waals surface area contributed by atoms with Crippen molar-refractivity contribution in [2.45, 2.75) is 45.0 Å². The number of nitrogens with zero attached hydrogens (tertiary/aromatic N) is 3. The molecule has 0 amide bonds. The van der Waals surface area contributed by atoms with Gasteiger partial charge in [0.2, 0.25) is 0 Å². The van der Waals surface area contributed by atoms with Crippen LogP contribution in [0.2, 0.25) is 0 Å². The van der Waals surface area contributed by atoms with Gasteiger partial charge in [-0.2, -0.15) is 0 Å². The van der Waals surface area contributed by atoms with Crippen LogP contribution in [0.25, 0.3) is 0 Å². The fourth-order valence-electron chi connectivity index (χ4n) is 1.48. The minimum Gasteiger partial charge on any atom is -0.481 e. The molecular weight excluding hydrogens is 254 g/mol. The third kappa shape index (κ3) is 3.99. The van der Waals surface area contributed by atoms with Crippen LogP contribution in [0.1, 0.15) is 33.5 Å². The molecule has 1 heterocycles. The van der Waals surface area contributed by atoms with Crippen molar-refractivity contribution in [3.8, 4) is 0 Å². The number of hydrogen-bond acceptors (Lipinski definition) is 5. The fraction of sp³-hybridized carbons (Fsp3) is 0.727. The molecule has 0 aliphatic heterocycles. The average molecular weight is 273 g/mol. The van der Waals surface area contributed by atoms with Gasteiger partial charge in [-0.25, -0.2) is 0 Å². The Labute approximate surface area is 111 Å². The first-order valence-corrected chi connectivity index (χ1v) is 6.72. The summed E-state index contributed by atoms with van der Waals surface area (Å²) < 4.78 is 7.27. The summed E-state index contributed by atoms with van der Waals surface area (Å²) in [4.78, 5) is 10.6. The molecule has 1 rings (SSSR count). The Morgan fingerprint density at radius 2 is 2.11 bits per heavy atom. The highest BCUT2D eigenvalue weighted by Crippen LogP contribution is 2.25. The maximum atomic E-state index is 10.6. The Kier molecular flexibility index (Phi) is 5.15. The summed E-state index contributed by atoms with van der Waals surface area (Å²) >= 11 is 1.17. The minimum atomic E-state index is -0.866. The van der Waals surface area contributed by atoms with E-state index in [0.29, 0.717) is 18.4 Å². The summed E-state index contributed by atoms with van der Waals surface area (Å²) in [5, 5.41) is 17.4. The molecule has 18 heavy (non-hydrogen) atoms. The van der Waals surface area contributed by atoms with Gasteiger partial charge in [-0.1, -0.05) is 11.8 Å². The van der Waals surface area contributed by atoms with Gasteiger partial charge >= 0.3 is 5.97 Å². The summed E-state index contributed by atoms with van der Waals surface area (Å²) in [5.41, 5.74) is -0.212. The van der Waals surface area contributed by atoms with E-state index < -0.39 is 5.97 Å². The van der Waals surface area contributed by atoms with Gasteiger partial charge in [0.15, 0.2) is 11.0 Å². The molecule has 0 unspecified atom stereocenters. The summed E-state index contributed by atoms with van der Waals surface area (Å²) in [6.07, 6.45) is 0. The van der Waals surface area contributed by atoms with Gasteiger partial charge < -0.3 is 9.84 Å². The van der Waals surface area contributed by atoms with Gasteiger partial charge in [0.25, 0.3) is 0 Å². The van der Waals surface area contributed by atoms with Crippen LogP contribution in [-0.2, 0) is 21.7 Å². The van der Waals surface area contributed by atoms with Crippen molar-refractivity contribution in [3.05, 3.63) is 5.82 Å². The number of aliphatic carboxylic acids is 1. The van der Waals surface area contributed by atoms with Crippen molar-refractivity contribution in [2.75, 3.05) is 12.4 Å². The fourth-order valence-corrected chi connectivity index (χ4v) is 2.34. The predicted molar refractivity (Wildman–Crippen MR) is 68.7 cm³/mol. The monoisotopic (exact) mass is 273 g/mol. The van der Waals surface area contributed by atoms with Crippen molar-refractivity contribution >= 4 is 17.7 Å². The average Bonchev–Trinajstić information content (AvgIpc) is 2.66. The smallest absolute Gasteiger partial charge is 0.313 e. The second-order valence-electron chi connectivity index (χ2n) is 4.72. The third-order valence-corrected chi connectivity index (χ3v) is 3.04. The molecule has 0 aromatic carbocycles. The number of ether oxygens (including phenoxy) is 1. The molecule has 0 saturated carbocycles. The van der Waals surface area contributed by atoms with Crippen LogP contribution in [0.15, 0.2) is 5.16 Å². The topological polar surface area (TPSA) is 77.2 Å². The van der Waals surface area contributed by atoms with Crippen LogP contribution in [0.5, 0.6) is 0 Å². The first-order chi connectivity index (χ1) is 8.36. The van der Waals surface area contributed by atoms with Crippen molar-refractivity contribution in [1.82, 2.24) is 14.8 Å². The highest BCUT2D eigenvalue weighted by Gasteiger charge is 2.23. The van der Waals surface area contributed by atoms with E-state index in [0.717, 1.165) is 5.82 Å². The molecule has 0 saturated heterocycles. The number of carboxylic acid groups (broad SMARTS) is 1. The van der Waals surface area contributed by atoms with Crippen LogP contribution in [0.3, 0.4) is 0 Å². The lowest BCUT2D eigenvalue weighted by Gasteiger charge is -2.24. The number of aromatic nitrogens is 3. The number of rotatable bonds is 6. The van der Waals surface area contributed by atoms with Gasteiger partial charge in [0.05, 0.1) is 5.75 Å². The van der Waals surface area contributed by atoms with Gasteiger partial charge in [-0.3, -0.25) is 9.36 Å². The molecule has 0 fully saturated rings. The van der Waals surface area contributed by atoms with Crippen LogP contribution in [0, 0.1) is 0 Å². The number of carbonyl (C=O) groups is 1. The Morgan fingerprint density at radius 1 is 1.44 bits per heavy atom. The zero-order valence-corrected chi connectivity index (χ0v) is 12.0. The SMILES string of the molecule is CCOCc1nnc(SCC(=O)O)n1C(C)(C)C. The van der Waals surface area contributed by atoms with E-state index >= 15 is 0 Å². The van der Waals surface area contributed by atoms with Crippen LogP contribution >= 0.6 is 11.8 Å². The van der Waals surface area contributed by atoms with E-state index in [-0.39, 0.29) is 11.3 Å². The number of hydrogen-bond donors (Lipinski definition) is 1. The molecule has 1 aromatic rings. The molecule has 6 nitrogen and oxygen atoms in total. The zero-order chi connectivity index (χ0) is 13.8. The first-order valence-electron chi connectivity index (χ1n) is 5.73. The van der Waals surface area contributed by atoms with Crippen molar-refractivity contribution in [3.63, 3.8) is 0 Å². The highest BCUT2D eigenvalue weighted by molar-refractivity contribution is 7.99. The molecule has 0 radical (unpaired) electrons. The standard InChI is InChI=1S/C11H19N3O3S/c1-5-17-6-8-12-13-10(18-7-9(15)16)14(8)11(2,3)4/h5-7H2,1-4H3,(H,15,16). The van der Waals surface area contributed by atoms with E-state index in [1.807, 2.05) is 32.3 Å². The maximum absolute atomic E-state index is 10.6. The number of thioether (sulfide) groups is 1. The van der Waals surface area contributed by atoms with Crippen molar-refractivity contribution in [2.24, 2.45) is 0 Å².